The molecule has 0 unspecified atom stereocenters. The molecular weight excluding hydrogens is 226 g/mol. The zero-order chi connectivity index (χ0) is 13.4. The van der Waals surface area contributed by atoms with E-state index in [0.29, 0.717) is 11.8 Å². The third kappa shape index (κ3) is 5.96. The summed E-state index contributed by atoms with van der Waals surface area (Å²) in [5.74, 6) is 1.94. The average molecular weight is 251 g/mol. The Bertz CT molecular complexity index is 340. The number of nitrogens with one attached hydrogen (secondary N) is 1. The summed E-state index contributed by atoms with van der Waals surface area (Å²) >= 11 is 0. The first-order chi connectivity index (χ1) is 8.59. The summed E-state index contributed by atoms with van der Waals surface area (Å²) in [6.07, 6.45) is 2.61. The molecule has 0 aromatic carbocycles. The van der Waals surface area contributed by atoms with Crippen LogP contribution in [-0.4, -0.2) is 29.7 Å². The summed E-state index contributed by atoms with van der Waals surface area (Å²) in [6, 6.07) is 2.01. The van der Waals surface area contributed by atoms with E-state index >= 15 is 0 Å². The molecule has 0 atom stereocenters. The number of hydrogen-bond donors (Lipinski definition) is 1. The fourth-order valence-corrected chi connectivity index (χ4v) is 1.49. The average Bonchev–Trinajstić information content (AvgIpc) is 2.33. The van der Waals surface area contributed by atoms with Crippen molar-refractivity contribution in [1.82, 2.24) is 9.97 Å². The lowest BCUT2D eigenvalue weighted by Gasteiger charge is -2.09. The molecule has 0 fully saturated rings. The molecule has 0 aliphatic heterocycles. The minimum absolute atomic E-state index is 0.433. The molecule has 0 saturated carbocycles. The van der Waals surface area contributed by atoms with Gasteiger partial charge in [-0.15, -0.1) is 0 Å². The maximum absolute atomic E-state index is 5.52. The van der Waals surface area contributed by atoms with E-state index in [0.717, 1.165) is 37.7 Å². The van der Waals surface area contributed by atoms with Gasteiger partial charge in [0.05, 0.1) is 0 Å². The van der Waals surface area contributed by atoms with Crippen molar-refractivity contribution in [3.63, 3.8) is 0 Å². The van der Waals surface area contributed by atoms with Gasteiger partial charge in [0, 0.05) is 31.5 Å². The maximum atomic E-state index is 5.52. The second-order valence-corrected chi connectivity index (χ2v) is 5.23. The highest BCUT2D eigenvalue weighted by atomic mass is 16.5. The lowest BCUT2D eigenvalue weighted by Crippen LogP contribution is -2.09. The summed E-state index contributed by atoms with van der Waals surface area (Å²) in [4.78, 5) is 8.44. The summed E-state index contributed by atoms with van der Waals surface area (Å²) in [5.41, 5.74) is 1.07. The van der Waals surface area contributed by atoms with Gasteiger partial charge in [-0.05, 0) is 18.3 Å². The molecule has 0 radical (unpaired) electrons. The molecule has 1 aromatic rings. The van der Waals surface area contributed by atoms with E-state index in [9.17, 15) is 0 Å². The number of aromatic nitrogens is 2. The second-order valence-electron chi connectivity index (χ2n) is 5.23. The molecule has 1 aromatic heterocycles. The number of hydrogen-bond acceptors (Lipinski definition) is 4. The highest BCUT2D eigenvalue weighted by Crippen LogP contribution is 2.13. The minimum Gasteiger partial charge on any atom is -0.381 e. The number of nitrogens with zero attached hydrogens (tertiary/aromatic N) is 2. The molecule has 4 nitrogen and oxygen atoms in total. The molecule has 0 spiro atoms. The van der Waals surface area contributed by atoms with Crippen molar-refractivity contribution in [2.45, 2.75) is 40.0 Å². The van der Waals surface area contributed by atoms with Crippen LogP contribution in [0, 0.1) is 5.92 Å². The van der Waals surface area contributed by atoms with Gasteiger partial charge in [-0.25, -0.2) is 9.97 Å². The fraction of sp³-hybridized carbons (Fsp3) is 0.714. The second kappa shape index (κ2) is 8.03. The lowest BCUT2D eigenvalue weighted by molar-refractivity contribution is 0.110. The Morgan fingerprint density at radius 2 is 2.00 bits per heavy atom. The van der Waals surface area contributed by atoms with Gasteiger partial charge in [-0.3, -0.25) is 0 Å². The lowest BCUT2D eigenvalue weighted by atomic mass is 10.1. The first-order valence-electron chi connectivity index (χ1n) is 6.73. The molecule has 0 amide bonds. The first kappa shape index (κ1) is 14.9. The van der Waals surface area contributed by atoms with Crippen molar-refractivity contribution in [3.8, 4) is 0 Å². The Morgan fingerprint density at radius 3 is 2.67 bits per heavy atom. The van der Waals surface area contributed by atoms with Crippen LogP contribution in [0.1, 0.15) is 45.7 Å². The zero-order valence-electron chi connectivity index (χ0n) is 11.9. The smallest absolute Gasteiger partial charge is 0.129 e. The molecule has 1 rings (SSSR count). The molecule has 4 heteroatoms. The van der Waals surface area contributed by atoms with Crippen molar-refractivity contribution >= 4 is 5.82 Å². The Hall–Kier alpha value is -1.16. The highest BCUT2D eigenvalue weighted by molar-refractivity contribution is 5.35. The summed E-state index contributed by atoms with van der Waals surface area (Å²) < 4.78 is 5.52. The van der Waals surface area contributed by atoms with E-state index in [2.05, 4.69) is 43.0 Å². The molecule has 0 aliphatic carbocycles. The summed E-state index contributed by atoms with van der Waals surface area (Å²) in [6.45, 7) is 11.1. The molecule has 1 heterocycles. The van der Waals surface area contributed by atoms with E-state index < -0.39 is 0 Å². The summed E-state index contributed by atoms with van der Waals surface area (Å²) in [7, 11) is 0. The monoisotopic (exact) mass is 251 g/mol. The molecule has 0 bridgehead atoms. The number of anilines is 1. The first-order valence-corrected chi connectivity index (χ1v) is 6.73. The zero-order valence-corrected chi connectivity index (χ0v) is 11.9. The molecular formula is C14H25N3O. The van der Waals surface area contributed by atoms with Crippen molar-refractivity contribution in [2.24, 2.45) is 5.92 Å². The van der Waals surface area contributed by atoms with Crippen LogP contribution < -0.4 is 5.32 Å². The molecule has 0 aliphatic rings. The van der Waals surface area contributed by atoms with Crippen LogP contribution in [0.4, 0.5) is 5.82 Å². The van der Waals surface area contributed by atoms with Crippen LogP contribution in [0.2, 0.25) is 0 Å². The van der Waals surface area contributed by atoms with E-state index in [1.54, 1.807) is 6.33 Å². The Morgan fingerprint density at radius 1 is 1.22 bits per heavy atom. The number of ether oxygens (including phenoxy) is 1. The third-order valence-corrected chi connectivity index (χ3v) is 2.50. The van der Waals surface area contributed by atoms with Crippen molar-refractivity contribution in [2.75, 3.05) is 25.1 Å². The Balaban J connectivity index is 2.21. The van der Waals surface area contributed by atoms with Gasteiger partial charge in [0.25, 0.3) is 0 Å². The van der Waals surface area contributed by atoms with Crippen LogP contribution in [0.25, 0.3) is 0 Å². The normalized spacial score (nSPS) is 11.2. The number of rotatable bonds is 8. The van der Waals surface area contributed by atoms with Crippen LogP contribution in [0.3, 0.4) is 0 Å². The Labute approximate surface area is 110 Å². The quantitative estimate of drug-likeness (QED) is 0.721. The minimum atomic E-state index is 0.433. The van der Waals surface area contributed by atoms with Crippen molar-refractivity contribution < 1.29 is 4.74 Å². The molecule has 18 heavy (non-hydrogen) atoms. The van der Waals surface area contributed by atoms with E-state index in [4.69, 9.17) is 4.74 Å². The molecule has 0 saturated heterocycles. The van der Waals surface area contributed by atoms with Gasteiger partial charge in [-0.2, -0.15) is 0 Å². The van der Waals surface area contributed by atoms with Gasteiger partial charge in [-0.1, -0.05) is 27.7 Å². The predicted octanol–water partition coefficient (Wildman–Crippen LogP) is 3.07. The van der Waals surface area contributed by atoms with E-state index in [-0.39, 0.29) is 0 Å². The SMILES string of the molecule is CC(C)COCCCNc1cc(C(C)C)ncn1. The largest absolute Gasteiger partial charge is 0.381 e. The standard InChI is InChI=1S/C14H25N3O/c1-11(2)9-18-7-5-6-15-14-8-13(12(3)4)16-10-17-14/h8,10-12H,5-7,9H2,1-4H3,(H,15,16,17). The fourth-order valence-electron chi connectivity index (χ4n) is 1.49. The van der Waals surface area contributed by atoms with Crippen LogP contribution in [-0.2, 0) is 4.74 Å². The van der Waals surface area contributed by atoms with Crippen LogP contribution in [0.15, 0.2) is 12.4 Å². The predicted molar refractivity (Wildman–Crippen MR) is 74.9 cm³/mol. The van der Waals surface area contributed by atoms with Gasteiger partial charge in [0.15, 0.2) is 0 Å². The van der Waals surface area contributed by atoms with Gasteiger partial charge in [0.2, 0.25) is 0 Å². The van der Waals surface area contributed by atoms with E-state index in [1.807, 2.05) is 6.07 Å². The van der Waals surface area contributed by atoms with Gasteiger partial charge in [0.1, 0.15) is 12.1 Å². The third-order valence-electron chi connectivity index (χ3n) is 2.50. The highest BCUT2D eigenvalue weighted by Gasteiger charge is 2.02. The molecule has 102 valence electrons. The van der Waals surface area contributed by atoms with Crippen molar-refractivity contribution in [3.05, 3.63) is 18.1 Å². The molecule has 1 N–H and O–H groups in total. The summed E-state index contributed by atoms with van der Waals surface area (Å²) in [5, 5.41) is 3.30. The van der Waals surface area contributed by atoms with Gasteiger partial charge < -0.3 is 10.1 Å². The van der Waals surface area contributed by atoms with Crippen LogP contribution in [0.5, 0.6) is 0 Å². The Kier molecular flexibility index (Phi) is 6.65. The van der Waals surface area contributed by atoms with Gasteiger partial charge >= 0.3 is 0 Å². The topological polar surface area (TPSA) is 47.0 Å². The van der Waals surface area contributed by atoms with Crippen LogP contribution >= 0.6 is 0 Å². The maximum Gasteiger partial charge on any atom is 0.129 e. The van der Waals surface area contributed by atoms with E-state index in [1.165, 1.54) is 0 Å². The van der Waals surface area contributed by atoms with Crippen molar-refractivity contribution in [1.29, 1.82) is 0 Å².